The summed E-state index contributed by atoms with van der Waals surface area (Å²) < 4.78 is 52.0. The number of halogens is 4. The van der Waals surface area contributed by atoms with Gasteiger partial charge in [0, 0.05) is 24.4 Å². The van der Waals surface area contributed by atoms with Crippen molar-refractivity contribution < 1.29 is 27.4 Å². The van der Waals surface area contributed by atoms with Crippen LogP contribution in [0.1, 0.15) is 12.0 Å². The van der Waals surface area contributed by atoms with Crippen molar-refractivity contribution in [3.63, 3.8) is 0 Å². The first-order chi connectivity index (χ1) is 15.3. The Morgan fingerprint density at radius 1 is 1.09 bits per heavy atom. The lowest BCUT2D eigenvalue weighted by atomic mass is 9.85. The van der Waals surface area contributed by atoms with Crippen LogP contribution in [0, 0.1) is 0 Å². The predicted octanol–water partition coefficient (Wildman–Crippen LogP) is 5.74. The molecule has 0 radical (unpaired) electrons. The Hall–Kier alpha value is -3.37. The van der Waals surface area contributed by atoms with Gasteiger partial charge in [0.1, 0.15) is 17.3 Å². The van der Waals surface area contributed by atoms with Gasteiger partial charge < -0.3 is 14.8 Å². The van der Waals surface area contributed by atoms with Gasteiger partial charge in [0.25, 0.3) is 0 Å². The van der Waals surface area contributed by atoms with Crippen LogP contribution >= 0.6 is 11.6 Å². The highest BCUT2D eigenvalue weighted by atomic mass is 35.5. The van der Waals surface area contributed by atoms with E-state index in [1.165, 1.54) is 48.8 Å². The van der Waals surface area contributed by atoms with E-state index < -0.39 is 17.8 Å². The number of ether oxygens (including phenoxy) is 2. The summed E-state index contributed by atoms with van der Waals surface area (Å²) in [7, 11) is 0. The van der Waals surface area contributed by atoms with E-state index in [-0.39, 0.29) is 41.7 Å². The second kappa shape index (κ2) is 8.64. The van der Waals surface area contributed by atoms with E-state index in [9.17, 15) is 18.0 Å². The van der Waals surface area contributed by atoms with Gasteiger partial charge in [0.15, 0.2) is 5.60 Å². The summed E-state index contributed by atoms with van der Waals surface area (Å²) in [6, 6.07) is 11.2. The summed E-state index contributed by atoms with van der Waals surface area (Å²) in [5.74, 6) is 0.0831. The fourth-order valence-electron chi connectivity index (χ4n) is 3.18. The van der Waals surface area contributed by atoms with Crippen LogP contribution in [0.15, 0.2) is 60.9 Å². The Morgan fingerprint density at radius 2 is 1.88 bits per heavy atom. The molecule has 32 heavy (non-hydrogen) atoms. The van der Waals surface area contributed by atoms with Crippen molar-refractivity contribution in [2.45, 2.75) is 18.2 Å². The smallest absolute Gasteiger partial charge is 0.421 e. The highest BCUT2D eigenvalue weighted by Crippen LogP contribution is 2.53. The molecule has 1 atom stereocenters. The first-order valence-electron chi connectivity index (χ1n) is 9.41. The molecule has 1 aromatic carbocycles. The Labute approximate surface area is 185 Å². The normalized spacial score (nSPS) is 17.9. The summed E-state index contributed by atoms with van der Waals surface area (Å²) in [6.07, 6.45) is -2.09. The summed E-state index contributed by atoms with van der Waals surface area (Å²) in [5.41, 5.74) is -2.46. The van der Waals surface area contributed by atoms with Gasteiger partial charge in [-0.1, -0.05) is 29.8 Å². The van der Waals surface area contributed by atoms with E-state index in [0.717, 1.165) is 0 Å². The van der Waals surface area contributed by atoms with Crippen molar-refractivity contribution in [2.75, 3.05) is 17.2 Å². The Kier molecular flexibility index (Phi) is 5.90. The van der Waals surface area contributed by atoms with Crippen molar-refractivity contribution in [3.8, 4) is 11.6 Å². The van der Waals surface area contributed by atoms with Gasteiger partial charge in [0.05, 0.1) is 11.6 Å². The minimum atomic E-state index is -4.62. The molecule has 2 amide bonds. The molecule has 1 aliphatic heterocycles. The molecule has 4 rings (SSSR count). The molecule has 2 aromatic heterocycles. The molecular formula is C21H16ClF3N4O3. The molecule has 166 valence electrons. The SMILES string of the molecule is O=C(Nc1ccc(Cl)cn1)Nc1cccnc1Oc1ccccc1C1(C(F)(F)F)CCO1. The van der Waals surface area contributed by atoms with E-state index in [2.05, 4.69) is 20.6 Å². The number of hydrogen-bond donors (Lipinski definition) is 2. The number of nitrogens with one attached hydrogen (secondary N) is 2. The lowest BCUT2D eigenvalue weighted by Gasteiger charge is -2.43. The molecule has 1 unspecified atom stereocenters. The molecule has 7 nitrogen and oxygen atoms in total. The lowest BCUT2D eigenvalue weighted by Crippen LogP contribution is -2.52. The van der Waals surface area contributed by atoms with Gasteiger partial charge in [-0.2, -0.15) is 13.2 Å². The number of urea groups is 1. The standard InChI is InChI=1S/C21H16ClF3N4O3/c22-13-7-8-17(27-12-13)29-19(30)28-15-5-3-10-26-18(15)32-16-6-2-1-4-14(16)20(9-11-31-20)21(23,24)25/h1-8,10,12H,9,11H2,(H2,27,28,29,30). The van der Waals surface area contributed by atoms with Crippen molar-refractivity contribution in [3.05, 3.63) is 71.5 Å². The molecule has 1 aliphatic rings. The van der Waals surface area contributed by atoms with E-state index in [1.54, 1.807) is 12.1 Å². The number of carbonyl (C=O) groups excluding carboxylic acids is 1. The highest BCUT2D eigenvalue weighted by Gasteiger charge is 2.62. The zero-order valence-electron chi connectivity index (χ0n) is 16.3. The van der Waals surface area contributed by atoms with Crippen LogP contribution in [0.3, 0.4) is 0 Å². The molecule has 0 spiro atoms. The number of carbonyl (C=O) groups is 1. The number of para-hydroxylation sites is 1. The van der Waals surface area contributed by atoms with E-state index >= 15 is 0 Å². The third-order valence-corrected chi connectivity index (χ3v) is 5.00. The van der Waals surface area contributed by atoms with Crippen LogP contribution in [0.4, 0.5) is 29.5 Å². The zero-order valence-corrected chi connectivity index (χ0v) is 17.1. The first-order valence-corrected chi connectivity index (χ1v) is 9.79. The molecule has 1 saturated heterocycles. The Balaban J connectivity index is 1.57. The topological polar surface area (TPSA) is 85.4 Å². The maximum absolute atomic E-state index is 13.8. The molecule has 3 aromatic rings. The van der Waals surface area contributed by atoms with Crippen LogP contribution in [-0.2, 0) is 10.3 Å². The zero-order chi connectivity index (χ0) is 22.8. The van der Waals surface area contributed by atoms with Crippen LogP contribution in [0.5, 0.6) is 11.6 Å². The van der Waals surface area contributed by atoms with Gasteiger partial charge in [-0.25, -0.2) is 14.8 Å². The van der Waals surface area contributed by atoms with Gasteiger partial charge in [-0.3, -0.25) is 5.32 Å². The summed E-state index contributed by atoms with van der Waals surface area (Å²) in [4.78, 5) is 20.3. The third kappa shape index (κ3) is 4.32. The van der Waals surface area contributed by atoms with E-state index in [1.807, 2.05) is 0 Å². The van der Waals surface area contributed by atoms with Crippen molar-refractivity contribution in [2.24, 2.45) is 0 Å². The van der Waals surface area contributed by atoms with Crippen molar-refractivity contribution >= 4 is 29.1 Å². The van der Waals surface area contributed by atoms with Crippen LogP contribution in [0.2, 0.25) is 5.02 Å². The Bertz CT molecular complexity index is 1120. The molecule has 11 heteroatoms. The number of alkyl halides is 3. The van der Waals surface area contributed by atoms with Crippen LogP contribution in [-0.4, -0.2) is 28.8 Å². The van der Waals surface area contributed by atoms with Crippen molar-refractivity contribution in [1.29, 1.82) is 0 Å². The summed E-state index contributed by atoms with van der Waals surface area (Å²) >= 11 is 5.77. The molecule has 1 fully saturated rings. The summed E-state index contributed by atoms with van der Waals surface area (Å²) in [5, 5.41) is 5.46. The second-order valence-electron chi connectivity index (χ2n) is 6.82. The number of rotatable bonds is 5. The number of pyridine rings is 2. The average Bonchev–Trinajstić information content (AvgIpc) is 2.70. The van der Waals surface area contributed by atoms with Crippen molar-refractivity contribution in [1.82, 2.24) is 9.97 Å². The fourth-order valence-corrected chi connectivity index (χ4v) is 3.29. The van der Waals surface area contributed by atoms with Crippen LogP contribution in [0.25, 0.3) is 0 Å². The van der Waals surface area contributed by atoms with Gasteiger partial charge in [0.2, 0.25) is 5.88 Å². The summed E-state index contributed by atoms with van der Waals surface area (Å²) in [6.45, 7) is -0.0108. The number of nitrogens with zero attached hydrogens (tertiary/aromatic N) is 2. The molecule has 2 N–H and O–H groups in total. The van der Waals surface area contributed by atoms with E-state index in [0.29, 0.717) is 5.02 Å². The Morgan fingerprint density at radius 3 is 2.53 bits per heavy atom. The number of benzene rings is 1. The highest BCUT2D eigenvalue weighted by molar-refractivity contribution is 6.30. The predicted molar refractivity (Wildman–Crippen MR) is 111 cm³/mol. The maximum atomic E-state index is 13.8. The quantitative estimate of drug-likeness (QED) is 0.502. The largest absolute Gasteiger partial charge is 0.437 e. The molecular weight excluding hydrogens is 449 g/mol. The maximum Gasteiger partial charge on any atom is 0.421 e. The van der Waals surface area contributed by atoms with Crippen LogP contribution < -0.4 is 15.4 Å². The minimum absolute atomic E-state index is 0.0108. The monoisotopic (exact) mass is 464 g/mol. The third-order valence-electron chi connectivity index (χ3n) is 4.78. The second-order valence-corrected chi connectivity index (χ2v) is 7.25. The number of aromatic nitrogens is 2. The van der Waals surface area contributed by atoms with E-state index in [4.69, 9.17) is 21.1 Å². The molecule has 0 saturated carbocycles. The fraction of sp³-hybridized carbons (Fsp3) is 0.190. The molecule has 0 bridgehead atoms. The van der Waals surface area contributed by atoms with Gasteiger partial charge >= 0.3 is 12.2 Å². The molecule has 3 heterocycles. The van der Waals surface area contributed by atoms with Gasteiger partial charge in [-0.05, 0) is 30.3 Å². The van der Waals surface area contributed by atoms with Gasteiger partial charge in [-0.15, -0.1) is 0 Å². The number of amides is 2. The average molecular weight is 465 g/mol. The molecule has 0 aliphatic carbocycles. The lowest BCUT2D eigenvalue weighted by molar-refractivity contribution is -0.333. The minimum Gasteiger partial charge on any atom is -0.437 e. The first kappa shape index (κ1) is 21.8. The number of anilines is 2. The number of hydrogen-bond acceptors (Lipinski definition) is 5.